The van der Waals surface area contributed by atoms with Gasteiger partial charge in [0.05, 0.1) is 0 Å². The third-order valence-electron chi connectivity index (χ3n) is 5.26. The van der Waals surface area contributed by atoms with E-state index in [0.717, 1.165) is 11.1 Å². The molecular formula is C23H26N2O5. The van der Waals surface area contributed by atoms with E-state index >= 15 is 0 Å². The zero-order valence-corrected chi connectivity index (χ0v) is 17.0. The fourth-order valence-electron chi connectivity index (χ4n) is 3.70. The van der Waals surface area contributed by atoms with Gasteiger partial charge in [-0.25, -0.2) is 4.79 Å². The molecule has 2 aromatic rings. The first-order chi connectivity index (χ1) is 14.5. The molecule has 0 spiro atoms. The van der Waals surface area contributed by atoms with Crippen LogP contribution in [-0.2, 0) is 14.3 Å². The van der Waals surface area contributed by atoms with Crippen LogP contribution in [0.15, 0.2) is 48.5 Å². The largest absolute Gasteiger partial charge is 0.481 e. The van der Waals surface area contributed by atoms with Crippen molar-refractivity contribution in [1.82, 2.24) is 10.2 Å². The number of carboxylic acids is 1. The van der Waals surface area contributed by atoms with Crippen LogP contribution in [0.3, 0.4) is 0 Å². The second-order valence-corrected chi connectivity index (χ2v) is 7.31. The highest BCUT2D eigenvalue weighted by Gasteiger charge is 2.28. The summed E-state index contributed by atoms with van der Waals surface area (Å²) < 4.78 is 5.43. The van der Waals surface area contributed by atoms with Crippen LogP contribution in [0.1, 0.15) is 36.3 Å². The second-order valence-electron chi connectivity index (χ2n) is 7.31. The maximum atomic E-state index is 12.1. The normalized spacial score (nSPS) is 12.0. The summed E-state index contributed by atoms with van der Waals surface area (Å²) in [4.78, 5) is 36.1. The van der Waals surface area contributed by atoms with Crippen LogP contribution in [0.4, 0.5) is 4.79 Å². The highest BCUT2D eigenvalue weighted by molar-refractivity contribution is 5.79. The van der Waals surface area contributed by atoms with Gasteiger partial charge in [-0.15, -0.1) is 0 Å². The first-order valence-electron chi connectivity index (χ1n) is 10.0. The molecule has 0 heterocycles. The van der Waals surface area contributed by atoms with E-state index < -0.39 is 12.1 Å². The summed E-state index contributed by atoms with van der Waals surface area (Å²) >= 11 is 0. The Morgan fingerprint density at radius 3 is 2.20 bits per heavy atom. The molecule has 0 radical (unpaired) electrons. The van der Waals surface area contributed by atoms with Gasteiger partial charge in [-0.3, -0.25) is 9.59 Å². The number of hydrogen-bond acceptors (Lipinski definition) is 4. The molecule has 1 aliphatic rings. The zero-order chi connectivity index (χ0) is 21.5. The van der Waals surface area contributed by atoms with Crippen LogP contribution < -0.4 is 5.32 Å². The molecule has 2 aromatic carbocycles. The fraction of sp³-hybridized carbons (Fsp3) is 0.348. The lowest BCUT2D eigenvalue weighted by atomic mass is 9.98. The lowest BCUT2D eigenvalue weighted by molar-refractivity contribution is -0.138. The van der Waals surface area contributed by atoms with Gasteiger partial charge < -0.3 is 20.1 Å². The zero-order valence-electron chi connectivity index (χ0n) is 17.0. The van der Waals surface area contributed by atoms with Crippen molar-refractivity contribution in [2.45, 2.75) is 25.2 Å². The number of carbonyl (C=O) groups excluding carboxylic acids is 2. The maximum Gasteiger partial charge on any atom is 0.407 e. The molecule has 0 atom stereocenters. The Kier molecular flexibility index (Phi) is 7.06. The van der Waals surface area contributed by atoms with Gasteiger partial charge in [0.1, 0.15) is 6.61 Å². The minimum atomic E-state index is -0.882. The first kappa shape index (κ1) is 21.4. The van der Waals surface area contributed by atoms with Crippen LogP contribution >= 0.6 is 0 Å². The van der Waals surface area contributed by atoms with E-state index in [-0.39, 0.29) is 37.8 Å². The van der Waals surface area contributed by atoms with Crippen molar-refractivity contribution < 1.29 is 24.2 Å². The van der Waals surface area contributed by atoms with E-state index in [1.165, 1.54) is 16.0 Å². The van der Waals surface area contributed by atoms with E-state index in [0.29, 0.717) is 13.0 Å². The van der Waals surface area contributed by atoms with Gasteiger partial charge in [0.15, 0.2) is 0 Å². The van der Waals surface area contributed by atoms with Crippen LogP contribution in [0.2, 0.25) is 0 Å². The molecule has 30 heavy (non-hydrogen) atoms. The van der Waals surface area contributed by atoms with E-state index in [2.05, 4.69) is 29.6 Å². The quantitative estimate of drug-likeness (QED) is 0.662. The molecule has 0 aliphatic heterocycles. The number of benzene rings is 2. The molecular weight excluding hydrogens is 384 g/mol. The maximum absolute atomic E-state index is 12.1. The highest BCUT2D eigenvalue weighted by atomic mass is 16.5. The summed E-state index contributed by atoms with van der Waals surface area (Å²) in [5, 5.41) is 11.3. The average molecular weight is 410 g/mol. The van der Waals surface area contributed by atoms with Crippen molar-refractivity contribution in [2.24, 2.45) is 0 Å². The SMILES string of the molecule is CN(CCCC(=O)O)C(=O)CCNC(=O)OCC1c2ccccc2-c2ccccc21. The summed E-state index contributed by atoms with van der Waals surface area (Å²) in [6, 6.07) is 16.2. The number of alkyl carbamates (subject to hydrolysis) is 1. The topological polar surface area (TPSA) is 95.9 Å². The van der Waals surface area contributed by atoms with Crippen molar-refractivity contribution in [3.8, 4) is 11.1 Å². The highest BCUT2D eigenvalue weighted by Crippen LogP contribution is 2.44. The molecule has 2 amide bonds. The molecule has 0 aromatic heterocycles. The molecule has 7 heteroatoms. The minimum Gasteiger partial charge on any atom is -0.481 e. The van der Waals surface area contributed by atoms with Crippen LogP contribution in [0, 0.1) is 0 Å². The number of amides is 2. The number of aliphatic carboxylic acids is 1. The van der Waals surface area contributed by atoms with E-state index in [1.54, 1.807) is 7.05 Å². The second kappa shape index (κ2) is 9.91. The van der Waals surface area contributed by atoms with Gasteiger partial charge in [-0.1, -0.05) is 48.5 Å². The molecule has 0 unspecified atom stereocenters. The third-order valence-corrected chi connectivity index (χ3v) is 5.26. The molecule has 0 fully saturated rings. The Labute approximate surface area is 175 Å². The van der Waals surface area contributed by atoms with Crippen molar-refractivity contribution >= 4 is 18.0 Å². The third kappa shape index (κ3) is 5.17. The summed E-state index contributed by atoms with van der Waals surface area (Å²) in [6.07, 6.45) is -0.000913. The smallest absolute Gasteiger partial charge is 0.407 e. The minimum absolute atomic E-state index is 0.00912. The predicted molar refractivity (Wildman–Crippen MR) is 112 cm³/mol. The lowest BCUT2D eigenvalue weighted by Gasteiger charge is -2.17. The monoisotopic (exact) mass is 410 g/mol. The Balaban J connectivity index is 1.44. The number of hydrogen-bond donors (Lipinski definition) is 2. The molecule has 158 valence electrons. The Morgan fingerprint density at radius 2 is 1.60 bits per heavy atom. The number of carboxylic acid groups (broad SMARTS) is 1. The molecule has 7 nitrogen and oxygen atoms in total. The number of carbonyl (C=O) groups is 3. The Bertz CT molecular complexity index is 882. The van der Waals surface area contributed by atoms with Gasteiger partial charge in [-0.05, 0) is 28.7 Å². The number of nitrogens with zero attached hydrogens (tertiary/aromatic N) is 1. The van der Waals surface area contributed by atoms with E-state index in [1.807, 2.05) is 24.3 Å². The number of fused-ring (bicyclic) bond motifs is 3. The molecule has 0 saturated carbocycles. The van der Waals surface area contributed by atoms with Crippen LogP contribution in [0.25, 0.3) is 11.1 Å². The molecule has 0 bridgehead atoms. The standard InChI is InChI=1S/C23H26N2O5/c1-25(14-6-11-22(27)28)21(26)12-13-24-23(29)30-15-20-18-9-4-2-7-16(18)17-8-3-5-10-19(17)20/h2-5,7-10,20H,6,11-15H2,1H3,(H,24,29)(H,27,28). The fourth-order valence-corrected chi connectivity index (χ4v) is 3.70. The van der Waals surface area contributed by atoms with Crippen molar-refractivity contribution in [3.05, 3.63) is 59.7 Å². The number of nitrogens with one attached hydrogen (secondary N) is 1. The Morgan fingerprint density at radius 1 is 1.00 bits per heavy atom. The summed E-state index contributed by atoms with van der Waals surface area (Å²) in [6.45, 7) is 0.762. The Hall–Kier alpha value is -3.35. The number of rotatable bonds is 9. The van der Waals surface area contributed by atoms with E-state index in [4.69, 9.17) is 9.84 Å². The molecule has 3 rings (SSSR count). The van der Waals surface area contributed by atoms with Gasteiger partial charge >= 0.3 is 12.1 Å². The molecule has 2 N–H and O–H groups in total. The molecule has 0 saturated heterocycles. The van der Waals surface area contributed by atoms with Crippen molar-refractivity contribution in [1.29, 1.82) is 0 Å². The summed E-state index contributed by atoms with van der Waals surface area (Å²) in [5.74, 6) is -1.04. The van der Waals surface area contributed by atoms with Gasteiger partial charge in [0.2, 0.25) is 5.91 Å². The first-order valence-corrected chi connectivity index (χ1v) is 10.0. The van der Waals surface area contributed by atoms with Gasteiger partial charge in [0.25, 0.3) is 0 Å². The predicted octanol–water partition coefficient (Wildman–Crippen LogP) is 3.24. The van der Waals surface area contributed by atoms with Crippen LogP contribution in [0.5, 0.6) is 0 Å². The summed E-state index contributed by atoms with van der Waals surface area (Å²) in [7, 11) is 1.62. The van der Waals surface area contributed by atoms with Crippen molar-refractivity contribution in [3.63, 3.8) is 0 Å². The van der Waals surface area contributed by atoms with Crippen molar-refractivity contribution in [2.75, 3.05) is 26.7 Å². The average Bonchev–Trinajstić information content (AvgIpc) is 3.05. The molecule has 1 aliphatic carbocycles. The summed E-state index contributed by atoms with van der Waals surface area (Å²) in [5.41, 5.74) is 4.62. The number of ether oxygens (including phenoxy) is 1. The van der Waals surface area contributed by atoms with Crippen LogP contribution in [-0.4, -0.2) is 54.7 Å². The van der Waals surface area contributed by atoms with Gasteiger partial charge in [0, 0.05) is 38.9 Å². The van der Waals surface area contributed by atoms with Gasteiger partial charge in [-0.2, -0.15) is 0 Å². The van der Waals surface area contributed by atoms with E-state index in [9.17, 15) is 14.4 Å². The lowest BCUT2D eigenvalue weighted by Crippen LogP contribution is -2.33.